The van der Waals surface area contributed by atoms with Crippen molar-refractivity contribution < 1.29 is 0 Å². The summed E-state index contributed by atoms with van der Waals surface area (Å²) in [5, 5.41) is 6.01. The monoisotopic (exact) mass is 556 g/mol. The molecule has 0 unspecified atom stereocenters. The van der Waals surface area contributed by atoms with E-state index in [-0.39, 0.29) is 13.3 Å². The standard InChI is InChI=1S/C35H43P3/c1-29(2)36(30(3)4)26-35(5,27-37(31-18-10-6-11-19-31)32-20-12-7-13-21-32)28-38(33-22-14-8-15-23-33)34-24-16-9-17-25-34/h6-25,29-30H,26-28H2,1-5H3. The highest BCUT2D eigenvalue weighted by Crippen LogP contribution is 2.56. The quantitative estimate of drug-likeness (QED) is 0.153. The van der Waals surface area contributed by atoms with Gasteiger partial charge in [-0.25, -0.2) is 0 Å². The van der Waals surface area contributed by atoms with Gasteiger partial charge in [-0.2, -0.15) is 0 Å². The van der Waals surface area contributed by atoms with Crippen LogP contribution in [0.2, 0.25) is 0 Å². The lowest BCUT2D eigenvalue weighted by Gasteiger charge is -2.42. The molecule has 38 heavy (non-hydrogen) atoms. The second-order valence-electron chi connectivity index (χ2n) is 11.2. The van der Waals surface area contributed by atoms with E-state index < -0.39 is 15.8 Å². The van der Waals surface area contributed by atoms with Gasteiger partial charge in [-0.1, -0.05) is 156 Å². The summed E-state index contributed by atoms with van der Waals surface area (Å²) in [5.41, 5.74) is 1.71. The Labute approximate surface area is 235 Å². The molecule has 0 fully saturated rings. The van der Waals surface area contributed by atoms with E-state index in [1.54, 1.807) is 0 Å². The Morgan fingerprint density at radius 3 is 0.947 bits per heavy atom. The molecular weight excluding hydrogens is 513 g/mol. The molecule has 0 aliphatic heterocycles. The van der Waals surface area contributed by atoms with Crippen molar-refractivity contribution in [3.05, 3.63) is 121 Å². The summed E-state index contributed by atoms with van der Waals surface area (Å²) in [7, 11) is -0.994. The molecule has 3 heteroatoms. The van der Waals surface area contributed by atoms with Gasteiger partial charge in [0.15, 0.2) is 0 Å². The second-order valence-corrected chi connectivity index (χ2v) is 19.0. The van der Waals surface area contributed by atoms with Crippen LogP contribution in [0, 0.1) is 5.41 Å². The minimum absolute atomic E-state index is 0.0827. The lowest BCUT2D eigenvalue weighted by Crippen LogP contribution is -2.36. The average molecular weight is 557 g/mol. The van der Waals surface area contributed by atoms with E-state index in [0.717, 1.165) is 11.3 Å². The van der Waals surface area contributed by atoms with Crippen molar-refractivity contribution in [3.8, 4) is 0 Å². The summed E-state index contributed by atoms with van der Waals surface area (Å²) in [6, 6.07) is 45.3. The van der Waals surface area contributed by atoms with Crippen molar-refractivity contribution >= 4 is 45.0 Å². The van der Waals surface area contributed by atoms with Crippen LogP contribution in [0.4, 0.5) is 0 Å². The maximum Gasteiger partial charge on any atom is -0.0184 e. The van der Waals surface area contributed by atoms with Crippen LogP contribution in [-0.2, 0) is 0 Å². The van der Waals surface area contributed by atoms with Gasteiger partial charge in [0, 0.05) is 0 Å². The zero-order chi connectivity index (χ0) is 27.0. The van der Waals surface area contributed by atoms with Gasteiger partial charge in [0.1, 0.15) is 0 Å². The highest BCUT2D eigenvalue weighted by atomic mass is 31.1. The van der Waals surface area contributed by atoms with Crippen molar-refractivity contribution in [1.82, 2.24) is 0 Å². The summed E-state index contributed by atoms with van der Waals surface area (Å²) < 4.78 is 0. The molecule has 0 bridgehead atoms. The third kappa shape index (κ3) is 7.86. The van der Waals surface area contributed by atoms with Gasteiger partial charge < -0.3 is 0 Å². The van der Waals surface area contributed by atoms with Gasteiger partial charge in [0.2, 0.25) is 0 Å². The van der Waals surface area contributed by atoms with Crippen molar-refractivity contribution in [2.45, 2.75) is 45.9 Å². The first-order valence-electron chi connectivity index (χ1n) is 13.9. The summed E-state index contributed by atoms with van der Waals surface area (Å²) in [5.74, 6) is 0. The smallest absolute Gasteiger partial charge is 0.0184 e. The number of benzene rings is 4. The van der Waals surface area contributed by atoms with Gasteiger partial charge in [-0.3, -0.25) is 0 Å². The molecule has 0 saturated heterocycles. The van der Waals surface area contributed by atoms with Gasteiger partial charge in [0.25, 0.3) is 0 Å². The van der Waals surface area contributed by atoms with Gasteiger partial charge >= 0.3 is 0 Å². The van der Waals surface area contributed by atoms with Crippen LogP contribution in [0.5, 0.6) is 0 Å². The molecule has 4 rings (SSSR count). The zero-order valence-electron chi connectivity index (χ0n) is 23.7. The molecular formula is C35H43P3. The molecule has 0 atom stereocenters. The van der Waals surface area contributed by atoms with Crippen LogP contribution < -0.4 is 21.2 Å². The fourth-order valence-corrected chi connectivity index (χ4v) is 14.4. The molecule has 0 saturated carbocycles. The van der Waals surface area contributed by atoms with E-state index in [0.29, 0.717) is 0 Å². The lowest BCUT2D eigenvalue weighted by molar-refractivity contribution is 0.493. The average Bonchev–Trinajstić information content (AvgIpc) is 2.95. The van der Waals surface area contributed by atoms with E-state index in [1.807, 2.05) is 0 Å². The largest absolute Gasteiger partial charge is 0.101 e. The Balaban J connectivity index is 1.79. The second kappa shape index (κ2) is 14.0. The van der Waals surface area contributed by atoms with Gasteiger partial charge in [-0.15, -0.1) is 7.92 Å². The molecule has 4 aromatic carbocycles. The van der Waals surface area contributed by atoms with Crippen molar-refractivity contribution in [3.63, 3.8) is 0 Å². The fourth-order valence-electron chi connectivity index (χ4n) is 5.41. The minimum atomic E-state index is -0.456. The normalized spacial score (nSPS) is 12.3. The van der Waals surface area contributed by atoms with E-state index in [4.69, 9.17) is 0 Å². The molecule has 0 aliphatic carbocycles. The SMILES string of the molecule is CC(C)P(CC(C)(CP(c1ccccc1)c1ccccc1)CP(c1ccccc1)c1ccccc1)C(C)C. The Kier molecular flexibility index (Phi) is 10.7. The molecule has 0 amide bonds. The first-order valence-corrected chi connectivity index (χ1v) is 18.6. The zero-order valence-corrected chi connectivity index (χ0v) is 26.3. The third-order valence-corrected chi connectivity index (χ3v) is 16.9. The minimum Gasteiger partial charge on any atom is -0.101 e. The topological polar surface area (TPSA) is 0 Å². The number of rotatable bonds is 12. The molecule has 0 aromatic heterocycles. The Hall–Kier alpha value is -1.83. The highest BCUT2D eigenvalue weighted by Gasteiger charge is 2.37. The molecule has 0 spiro atoms. The molecule has 198 valence electrons. The van der Waals surface area contributed by atoms with Crippen molar-refractivity contribution in [2.24, 2.45) is 5.41 Å². The molecule has 0 N–H and O–H groups in total. The number of hydrogen-bond donors (Lipinski definition) is 0. The fraction of sp³-hybridized carbons (Fsp3) is 0.314. The van der Waals surface area contributed by atoms with Crippen LogP contribution in [-0.4, -0.2) is 29.8 Å². The Morgan fingerprint density at radius 2 is 0.711 bits per heavy atom. The third-order valence-electron chi connectivity index (χ3n) is 7.24. The Bertz CT molecular complexity index is 1040. The molecule has 0 heterocycles. The van der Waals surface area contributed by atoms with Crippen LogP contribution in [0.25, 0.3) is 0 Å². The molecule has 0 radical (unpaired) electrons. The summed E-state index contributed by atoms with van der Waals surface area (Å²) in [4.78, 5) is 0. The molecule has 4 aromatic rings. The van der Waals surface area contributed by atoms with Crippen molar-refractivity contribution in [2.75, 3.05) is 18.5 Å². The van der Waals surface area contributed by atoms with Gasteiger partial charge in [0.05, 0.1) is 0 Å². The van der Waals surface area contributed by atoms with Crippen molar-refractivity contribution in [1.29, 1.82) is 0 Å². The maximum atomic E-state index is 2.63. The van der Waals surface area contributed by atoms with E-state index in [2.05, 4.69) is 156 Å². The highest BCUT2D eigenvalue weighted by molar-refractivity contribution is 7.74. The number of hydrogen-bond acceptors (Lipinski definition) is 0. The first kappa shape index (κ1) is 29.2. The summed E-state index contributed by atoms with van der Waals surface area (Å²) in [6.07, 6.45) is 3.79. The van der Waals surface area contributed by atoms with E-state index >= 15 is 0 Å². The predicted octanol–water partition coefficient (Wildman–Crippen LogP) is 8.56. The molecule has 0 aliphatic rings. The van der Waals surface area contributed by atoms with Crippen LogP contribution in [0.3, 0.4) is 0 Å². The molecule has 0 nitrogen and oxygen atoms in total. The van der Waals surface area contributed by atoms with E-state index in [9.17, 15) is 0 Å². The van der Waals surface area contributed by atoms with Gasteiger partial charge in [-0.05, 0) is 72.3 Å². The summed E-state index contributed by atoms with van der Waals surface area (Å²) >= 11 is 0. The first-order chi connectivity index (χ1) is 18.4. The van der Waals surface area contributed by atoms with Crippen LogP contribution in [0.1, 0.15) is 34.6 Å². The van der Waals surface area contributed by atoms with Crippen LogP contribution >= 0.6 is 23.8 Å². The maximum absolute atomic E-state index is 2.63. The lowest BCUT2D eigenvalue weighted by atomic mass is 9.99. The Morgan fingerprint density at radius 1 is 0.447 bits per heavy atom. The predicted molar refractivity (Wildman–Crippen MR) is 178 cm³/mol. The van der Waals surface area contributed by atoms with E-state index in [1.165, 1.54) is 39.7 Å². The van der Waals surface area contributed by atoms with Crippen LogP contribution in [0.15, 0.2) is 121 Å². The summed E-state index contributed by atoms with van der Waals surface area (Å²) in [6.45, 7) is 12.5.